The van der Waals surface area contributed by atoms with Gasteiger partial charge in [0.25, 0.3) is 5.91 Å². The quantitative estimate of drug-likeness (QED) is 0.341. The van der Waals surface area contributed by atoms with Gasteiger partial charge in [-0.3, -0.25) is 14.7 Å². The molecule has 0 radical (unpaired) electrons. The maximum Gasteiger partial charge on any atom is 0.337 e. The number of esters is 1. The maximum atomic E-state index is 12.8. The van der Waals surface area contributed by atoms with Gasteiger partial charge >= 0.3 is 5.97 Å². The third-order valence-corrected chi connectivity index (χ3v) is 6.84. The number of fused-ring (bicyclic) bond motifs is 1. The van der Waals surface area contributed by atoms with Crippen LogP contribution in [0.15, 0.2) is 79.1 Å². The summed E-state index contributed by atoms with van der Waals surface area (Å²) in [6, 6.07) is 21.4. The Morgan fingerprint density at radius 2 is 1.84 bits per heavy atom. The van der Waals surface area contributed by atoms with E-state index in [0.717, 1.165) is 53.9 Å². The van der Waals surface area contributed by atoms with Crippen LogP contribution in [0.5, 0.6) is 0 Å². The molecular formula is C30H30N4O3. The molecule has 188 valence electrons. The van der Waals surface area contributed by atoms with E-state index in [2.05, 4.69) is 56.9 Å². The Morgan fingerprint density at radius 1 is 1.03 bits per heavy atom. The molecule has 0 aliphatic carbocycles. The Kier molecular flexibility index (Phi) is 7.14. The molecule has 0 spiro atoms. The van der Waals surface area contributed by atoms with Crippen LogP contribution < -0.4 is 10.6 Å². The summed E-state index contributed by atoms with van der Waals surface area (Å²) in [5.74, 6) is -0.642. The number of benzene rings is 3. The summed E-state index contributed by atoms with van der Waals surface area (Å²) in [6.45, 7) is 4.75. The molecule has 2 N–H and O–H groups in total. The fourth-order valence-corrected chi connectivity index (χ4v) is 4.79. The summed E-state index contributed by atoms with van der Waals surface area (Å²) >= 11 is 0. The largest absolute Gasteiger partial charge is 0.465 e. The van der Waals surface area contributed by atoms with Gasteiger partial charge in [0.05, 0.1) is 12.7 Å². The Labute approximate surface area is 216 Å². The summed E-state index contributed by atoms with van der Waals surface area (Å²) in [5.41, 5.74) is 4.97. The first-order valence-corrected chi connectivity index (χ1v) is 12.4. The SMILES string of the molecule is COC(=O)c1ccc(C(=O)Nc2cc(CN3CCC(Nc4cccc5cnccc45)C3)ccc2C)cc1. The maximum absolute atomic E-state index is 12.8. The molecule has 1 unspecified atom stereocenters. The van der Waals surface area contributed by atoms with Crippen LogP contribution in [0.4, 0.5) is 11.4 Å². The highest BCUT2D eigenvalue weighted by molar-refractivity contribution is 6.05. The second-order valence-corrected chi connectivity index (χ2v) is 9.44. The van der Waals surface area contributed by atoms with Crippen molar-refractivity contribution >= 4 is 34.0 Å². The van der Waals surface area contributed by atoms with Gasteiger partial charge in [-0.05, 0) is 66.9 Å². The van der Waals surface area contributed by atoms with Crippen molar-refractivity contribution in [2.24, 2.45) is 0 Å². The zero-order valence-corrected chi connectivity index (χ0v) is 21.0. The molecule has 7 nitrogen and oxygen atoms in total. The molecule has 1 aliphatic heterocycles. The lowest BCUT2D eigenvalue weighted by Crippen LogP contribution is -2.26. The van der Waals surface area contributed by atoms with Gasteiger partial charge in [-0.2, -0.15) is 0 Å². The summed E-state index contributed by atoms with van der Waals surface area (Å²) in [7, 11) is 1.33. The van der Waals surface area contributed by atoms with Crippen LogP contribution in [0.3, 0.4) is 0 Å². The Morgan fingerprint density at radius 3 is 2.65 bits per heavy atom. The number of carbonyl (C=O) groups excluding carboxylic acids is 2. The molecule has 1 saturated heterocycles. The van der Waals surface area contributed by atoms with Gasteiger partial charge < -0.3 is 15.4 Å². The van der Waals surface area contributed by atoms with E-state index < -0.39 is 5.97 Å². The highest BCUT2D eigenvalue weighted by Crippen LogP contribution is 2.26. The number of rotatable bonds is 7. The Balaban J connectivity index is 1.21. The predicted molar refractivity (Wildman–Crippen MR) is 146 cm³/mol. The number of hydrogen-bond donors (Lipinski definition) is 2. The molecule has 0 bridgehead atoms. The fraction of sp³-hybridized carbons (Fsp3) is 0.233. The van der Waals surface area contributed by atoms with Crippen LogP contribution in [0, 0.1) is 6.92 Å². The number of carbonyl (C=O) groups is 2. The molecule has 1 fully saturated rings. The standard InChI is InChI=1S/C30H30N4O3/c1-20-6-7-21(16-28(20)33-29(35)22-8-10-23(11-9-22)30(36)37-2)18-34-15-13-25(19-34)32-27-5-3-4-24-17-31-14-12-26(24)27/h3-12,14,16-17,25,32H,13,15,18-19H2,1-2H3,(H,33,35). The summed E-state index contributed by atoms with van der Waals surface area (Å²) in [4.78, 5) is 31.1. The summed E-state index contributed by atoms with van der Waals surface area (Å²) in [5, 5.41) is 9.07. The lowest BCUT2D eigenvalue weighted by Gasteiger charge is -2.19. The van der Waals surface area contributed by atoms with E-state index in [1.165, 1.54) is 12.5 Å². The zero-order chi connectivity index (χ0) is 25.8. The zero-order valence-electron chi connectivity index (χ0n) is 21.0. The molecule has 5 rings (SSSR count). The molecular weight excluding hydrogens is 464 g/mol. The lowest BCUT2D eigenvalue weighted by molar-refractivity contribution is 0.0600. The van der Waals surface area contributed by atoms with Crippen LogP contribution >= 0.6 is 0 Å². The van der Waals surface area contributed by atoms with Gasteiger partial charge in [-0.1, -0.05) is 24.3 Å². The van der Waals surface area contributed by atoms with E-state index >= 15 is 0 Å². The number of aryl methyl sites for hydroxylation is 1. The summed E-state index contributed by atoms with van der Waals surface area (Å²) < 4.78 is 4.72. The first-order valence-electron chi connectivity index (χ1n) is 12.4. The molecule has 1 atom stereocenters. The first-order chi connectivity index (χ1) is 18.0. The van der Waals surface area contributed by atoms with Gasteiger partial charge in [0.15, 0.2) is 0 Å². The van der Waals surface area contributed by atoms with Crippen LogP contribution in [0.1, 0.15) is 38.3 Å². The van der Waals surface area contributed by atoms with E-state index in [4.69, 9.17) is 4.74 Å². The number of pyridine rings is 1. The minimum atomic E-state index is -0.427. The Hall–Kier alpha value is -4.23. The molecule has 1 aromatic heterocycles. The molecule has 4 aromatic rings. The lowest BCUT2D eigenvalue weighted by atomic mass is 10.1. The Bertz CT molecular complexity index is 1430. The third-order valence-electron chi connectivity index (χ3n) is 6.84. The van der Waals surface area contributed by atoms with Crippen molar-refractivity contribution in [2.45, 2.75) is 25.9 Å². The van der Waals surface area contributed by atoms with Gasteiger partial charge in [0.1, 0.15) is 0 Å². The third kappa shape index (κ3) is 5.62. The number of anilines is 2. The summed E-state index contributed by atoms with van der Waals surface area (Å²) in [6.07, 6.45) is 4.80. The van der Waals surface area contributed by atoms with Crippen molar-refractivity contribution in [3.63, 3.8) is 0 Å². The van der Waals surface area contributed by atoms with Crippen LogP contribution in [-0.4, -0.2) is 48.0 Å². The molecule has 0 saturated carbocycles. The highest BCUT2D eigenvalue weighted by Gasteiger charge is 2.23. The molecule has 2 heterocycles. The van der Waals surface area contributed by atoms with E-state index in [0.29, 0.717) is 17.2 Å². The normalized spacial score (nSPS) is 15.5. The molecule has 1 amide bonds. The van der Waals surface area contributed by atoms with Gasteiger partial charge in [-0.25, -0.2) is 4.79 Å². The number of nitrogens with zero attached hydrogens (tertiary/aromatic N) is 2. The number of methoxy groups -OCH3 is 1. The monoisotopic (exact) mass is 494 g/mol. The molecule has 37 heavy (non-hydrogen) atoms. The van der Waals surface area contributed by atoms with Crippen LogP contribution in [-0.2, 0) is 11.3 Å². The number of ether oxygens (including phenoxy) is 1. The second-order valence-electron chi connectivity index (χ2n) is 9.44. The second kappa shape index (κ2) is 10.8. The number of amides is 1. The van der Waals surface area contributed by atoms with E-state index in [9.17, 15) is 9.59 Å². The number of likely N-dealkylation sites (tertiary alicyclic amines) is 1. The highest BCUT2D eigenvalue weighted by atomic mass is 16.5. The number of hydrogen-bond acceptors (Lipinski definition) is 6. The minimum absolute atomic E-state index is 0.215. The smallest absolute Gasteiger partial charge is 0.337 e. The van der Waals surface area contributed by atoms with E-state index in [1.807, 2.05) is 25.4 Å². The minimum Gasteiger partial charge on any atom is -0.465 e. The number of aromatic nitrogens is 1. The molecule has 7 heteroatoms. The van der Waals surface area contributed by atoms with Crippen LogP contribution in [0.25, 0.3) is 10.8 Å². The first kappa shape index (κ1) is 24.5. The van der Waals surface area contributed by atoms with Crippen LogP contribution in [0.2, 0.25) is 0 Å². The molecule has 3 aromatic carbocycles. The number of nitrogens with one attached hydrogen (secondary N) is 2. The van der Waals surface area contributed by atoms with Gasteiger partial charge in [-0.15, -0.1) is 0 Å². The van der Waals surface area contributed by atoms with Crippen molar-refractivity contribution in [3.8, 4) is 0 Å². The molecule has 1 aliphatic rings. The van der Waals surface area contributed by atoms with E-state index in [1.54, 1.807) is 24.3 Å². The van der Waals surface area contributed by atoms with Gasteiger partial charge in [0, 0.05) is 65.8 Å². The average molecular weight is 495 g/mol. The predicted octanol–water partition coefficient (Wildman–Crippen LogP) is 5.27. The van der Waals surface area contributed by atoms with Crippen molar-refractivity contribution in [1.29, 1.82) is 0 Å². The average Bonchev–Trinajstić information content (AvgIpc) is 3.37. The van der Waals surface area contributed by atoms with Crippen molar-refractivity contribution in [1.82, 2.24) is 9.88 Å². The van der Waals surface area contributed by atoms with Crippen molar-refractivity contribution in [2.75, 3.05) is 30.8 Å². The van der Waals surface area contributed by atoms with Gasteiger partial charge in [0.2, 0.25) is 0 Å². The fourth-order valence-electron chi connectivity index (χ4n) is 4.79. The van der Waals surface area contributed by atoms with Crippen molar-refractivity contribution in [3.05, 3.63) is 101 Å². The van der Waals surface area contributed by atoms with E-state index in [-0.39, 0.29) is 5.91 Å². The topological polar surface area (TPSA) is 83.6 Å². The van der Waals surface area contributed by atoms with Crippen molar-refractivity contribution < 1.29 is 14.3 Å².